The molecule has 0 N–H and O–H groups in total. The second-order valence-electron chi connectivity index (χ2n) is 5.09. The lowest BCUT2D eigenvalue weighted by atomic mass is 9.80. The molecule has 0 aromatic carbocycles. The molecule has 170 valence electrons. The molecule has 1 atom stereocenters. The first-order valence-electron chi connectivity index (χ1n) is 6.01. The van der Waals surface area contributed by atoms with Crippen LogP contribution in [0, 0.1) is 0 Å². The first-order valence-corrected chi connectivity index (χ1v) is 6.01. The van der Waals surface area contributed by atoms with Crippen LogP contribution >= 0.6 is 0 Å². The van der Waals surface area contributed by atoms with Crippen molar-refractivity contribution in [3.05, 3.63) is 0 Å². The van der Waals surface area contributed by atoms with Crippen LogP contribution in [0.3, 0.4) is 0 Å². The molecule has 0 rings (SSSR count). The van der Waals surface area contributed by atoms with E-state index in [-0.39, 0.29) is 7.11 Å². The van der Waals surface area contributed by atoms with E-state index in [2.05, 4.69) is 4.74 Å². The van der Waals surface area contributed by atoms with Crippen molar-refractivity contribution in [3.63, 3.8) is 0 Å². The van der Waals surface area contributed by atoms with Gasteiger partial charge in [-0.05, 0) is 0 Å². The number of alkyl halides is 17. The molecule has 0 aromatic heterocycles. The van der Waals surface area contributed by atoms with Crippen LogP contribution in [0.5, 0.6) is 0 Å². The summed E-state index contributed by atoms with van der Waals surface area (Å²) in [6.45, 7) is -3.04. The molecule has 0 aliphatic rings. The Hall–Kier alpha value is -1.23. The monoisotopic (exact) mass is 464 g/mol. The number of ether oxygens (including phenoxy) is 1. The fourth-order valence-electron chi connectivity index (χ4n) is 1.67. The molecule has 0 heterocycles. The van der Waals surface area contributed by atoms with Gasteiger partial charge >= 0.3 is 47.6 Å². The zero-order valence-corrected chi connectivity index (χ0v) is 12.5. The third-order valence-electron chi connectivity index (χ3n) is 3.19. The lowest BCUT2D eigenvalue weighted by Gasteiger charge is -2.45. The molecule has 1 nitrogen and oxygen atoms in total. The molecule has 0 saturated heterocycles. The van der Waals surface area contributed by atoms with E-state index in [9.17, 15) is 74.6 Å². The molecule has 0 amide bonds. The van der Waals surface area contributed by atoms with Gasteiger partial charge in [-0.2, -0.15) is 70.2 Å². The molecule has 0 spiro atoms. The average molecular weight is 464 g/mol. The van der Waals surface area contributed by atoms with Crippen LogP contribution in [0.4, 0.5) is 74.6 Å². The van der Waals surface area contributed by atoms with Crippen molar-refractivity contribution in [2.75, 3.05) is 13.7 Å². The summed E-state index contributed by atoms with van der Waals surface area (Å²) in [5.41, 5.74) is -8.60. The van der Waals surface area contributed by atoms with Crippen molar-refractivity contribution in [1.82, 2.24) is 0 Å². The maximum absolute atomic E-state index is 13.7. The smallest absolute Gasteiger partial charge is 0.378 e. The quantitative estimate of drug-likeness (QED) is 0.444. The molecular formula is C10H5F17O. The van der Waals surface area contributed by atoms with Gasteiger partial charge in [0.2, 0.25) is 0 Å². The predicted octanol–water partition coefficient (Wildman–Crippen LogP) is 5.64. The van der Waals surface area contributed by atoms with Crippen LogP contribution in [-0.4, -0.2) is 61.4 Å². The van der Waals surface area contributed by atoms with E-state index < -0.39 is 54.2 Å². The summed E-state index contributed by atoms with van der Waals surface area (Å²) in [6.07, 6.45) is -16.0. The molecule has 1 unspecified atom stereocenters. The van der Waals surface area contributed by atoms with Crippen LogP contribution in [0.2, 0.25) is 0 Å². The minimum absolute atomic E-state index is 0.0159. The third-order valence-corrected chi connectivity index (χ3v) is 3.19. The van der Waals surface area contributed by atoms with E-state index in [1.54, 1.807) is 0 Å². The average Bonchev–Trinajstić information content (AvgIpc) is 2.42. The molecule has 0 saturated carbocycles. The van der Waals surface area contributed by atoms with Crippen molar-refractivity contribution in [2.24, 2.45) is 0 Å². The van der Waals surface area contributed by atoms with E-state index >= 15 is 0 Å². The highest BCUT2D eigenvalue weighted by Gasteiger charge is 2.97. The zero-order valence-electron chi connectivity index (χ0n) is 12.5. The summed E-state index contributed by atoms with van der Waals surface area (Å²) >= 11 is 0. The van der Waals surface area contributed by atoms with Crippen LogP contribution in [0.1, 0.15) is 0 Å². The molecule has 0 radical (unpaired) electrons. The number of hydrogen-bond donors (Lipinski definition) is 0. The largest absolute Gasteiger partial charge is 0.460 e. The van der Waals surface area contributed by atoms with Crippen molar-refractivity contribution >= 4 is 0 Å². The molecule has 0 aliphatic carbocycles. The first kappa shape index (κ1) is 26.8. The Morgan fingerprint density at radius 1 is 0.464 bits per heavy atom. The SMILES string of the molecule is COCC(F)(F)C(F)(F)C(F)(C(F)(F)F)C(F)(F)C(F)(F)C(F)(F)C(F)(F)F. The Balaban J connectivity index is 7.08. The fourth-order valence-corrected chi connectivity index (χ4v) is 1.67. The lowest BCUT2D eigenvalue weighted by Crippen LogP contribution is -2.78. The van der Waals surface area contributed by atoms with Gasteiger partial charge in [-0.1, -0.05) is 0 Å². The van der Waals surface area contributed by atoms with Gasteiger partial charge in [-0.25, -0.2) is 4.39 Å². The minimum Gasteiger partial charge on any atom is -0.378 e. The number of rotatable bonds is 7. The molecule has 18 heteroatoms. The van der Waals surface area contributed by atoms with Crippen LogP contribution in [0.25, 0.3) is 0 Å². The van der Waals surface area contributed by atoms with Crippen molar-refractivity contribution in [1.29, 1.82) is 0 Å². The Labute approximate surface area is 142 Å². The molecule has 0 aromatic rings. The standard InChI is InChI=1S/C10H5F17O/c1-28-2-3(11,12)5(14,15)4(13,9(22,23)24)6(16,17)7(18,19)8(20,21)10(25,26)27/h2H2,1H3. The summed E-state index contributed by atoms with van der Waals surface area (Å²) < 4.78 is 221. The van der Waals surface area contributed by atoms with Gasteiger partial charge in [0.05, 0.1) is 0 Å². The number of hydrogen-bond acceptors (Lipinski definition) is 1. The van der Waals surface area contributed by atoms with Gasteiger partial charge < -0.3 is 4.74 Å². The van der Waals surface area contributed by atoms with Crippen LogP contribution < -0.4 is 0 Å². The Bertz CT molecular complexity index is 557. The van der Waals surface area contributed by atoms with Gasteiger partial charge in [0, 0.05) is 7.11 Å². The van der Waals surface area contributed by atoms with E-state index in [1.807, 2.05) is 0 Å². The predicted molar refractivity (Wildman–Crippen MR) is 52.6 cm³/mol. The number of halogens is 17. The summed E-state index contributed by atoms with van der Waals surface area (Å²) in [5, 5.41) is 0. The van der Waals surface area contributed by atoms with Gasteiger partial charge in [0.25, 0.3) is 0 Å². The van der Waals surface area contributed by atoms with Gasteiger partial charge in [-0.15, -0.1) is 0 Å². The third kappa shape index (κ3) is 3.24. The molecular weight excluding hydrogens is 459 g/mol. The highest BCUT2D eigenvalue weighted by Crippen LogP contribution is 2.65. The summed E-state index contributed by atoms with van der Waals surface area (Å²) in [4.78, 5) is 0. The van der Waals surface area contributed by atoms with Crippen molar-refractivity contribution < 1.29 is 79.4 Å². The summed E-state index contributed by atoms with van der Waals surface area (Å²) in [5.74, 6) is -40.4. The van der Waals surface area contributed by atoms with E-state index in [4.69, 9.17) is 0 Å². The minimum atomic E-state index is -8.77. The van der Waals surface area contributed by atoms with Gasteiger partial charge in [0.15, 0.2) is 0 Å². The van der Waals surface area contributed by atoms with E-state index in [0.29, 0.717) is 0 Å². The highest BCUT2D eigenvalue weighted by molar-refractivity contribution is 5.20. The van der Waals surface area contributed by atoms with Crippen molar-refractivity contribution in [2.45, 2.75) is 47.6 Å². The first-order chi connectivity index (χ1) is 11.8. The molecule has 0 aliphatic heterocycles. The maximum Gasteiger partial charge on any atom is 0.460 e. The lowest BCUT2D eigenvalue weighted by molar-refractivity contribution is -0.467. The Morgan fingerprint density at radius 2 is 0.821 bits per heavy atom. The normalized spacial score (nSPS) is 18.2. The van der Waals surface area contributed by atoms with E-state index in [1.165, 1.54) is 0 Å². The maximum atomic E-state index is 13.7. The van der Waals surface area contributed by atoms with Gasteiger partial charge in [0.1, 0.15) is 6.61 Å². The summed E-state index contributed by atoms with van der Waals surface area (Å²) in [7, 11) is 0.0159. The van der Waals surface area contributed by atoms with E-state index in [0.717, 1.165) is 0 Å². The second kappa shape index (κ2) is 6.65. The van der Waals surface area contributed by atoms with Gasteiger partial charge in [-0.3, -0.25) is 0 Å². The Kier molecular flexibility index (Phi) is 6.36. The van der Waals surface area contributed by atoms with Crippen LogP contribution in [-0.2, 0) is 4.74 Å². The summed E-state index contributed by atoms with van der Waals surface area (Å²) in [6, 6.07) is 0. The fraction of sp³-hybridized carbons (Fsp3) is 1.00. The second-order valence-corrected chi connectivity index (χ2v) is 5.09. The molecule has 0 bridgehead atoms. The topological polar surface area (TPSA) is 9.23 Å². The molecule has 0 fully saturated rings. The number of methoxy groups -OCH3 is 1. The van der Waals surface area contributed by atoms with Crippen molar-refractivity contribution in [3.8, 4) is 0 Å². The zero-order chi connectivity index (χ0) is 23.4. The highest BCUT2D eigenvalue weighted by atomic mass is 19.4. The Morgan fingerprint density at radius 3 is 1.07 bits per heavy atom. The molecule has 28 heavy (non-hydrogen) atoms. The van der Waals surface area contributed by atoms with Crippen LogP contribution in [0.15, 0.2) is 0 Å².